The number of benzene rings is 3. The van der Waals surface area contributed by atoms with Gasteiger partial charge in [0.15, 0.2) is 23.2 Å². The summed E-state index contributed by atoms with van der Waals surface area (Å²) in [6, 6.07) is 25.2. The number of ether oxygens (including phenoxy) is 2. The molecule has 4 aromatic heterocycles. The number of amidine groups is 2. The summed E-state index contributed by atoms with van der Waals surface area (Å²) < 4.78 is 71.5. The maximum atomic E-state index is 13.4. The quantitative estimate of drug-likeness (QED) is 0.139. The summed E-state index contributed by atoms with van der Waals surface area (Å²) >= 11 is 2.66. The molecule has 0 fully saturated rings. The van der Waals surface area contributed by atoms with Crippen LogP contribution in [0.2, 0.25) is 0 Å². The third-order valence-electron chi connectivity index (χ3n) is 9.58. The fraction of sp³-hybridized carbons (Fsp3) is 0.122. The van der Waals surface area contributed by atoms with E-state index in [9.17, 15) is 36.6 Å². The van der Waals surface area contributed by atoms with E-state index < -0.39 is 42.7 Å². The number of hydrogen-bond acceptors (Lipinski definition) is 16. The maximum absolute atomic E-state index is 13.4. The lowest BCUT2D eigenvalue weighted by Crippen LogP contribution is -2.34. The number of aromatic hydroxyl groups is 2. The molecule has 0 aliphatic carbocycles. The number of nitrogens with zero attached hydrogens (tertiary/aromatic N) is 6. The fourth-order valence-corrected chi connectivity index (χ4v) is 10.2. The highest BCUT2D eigenvalue weighted by Gasteiger charge is 2.33. The molecule has 22 heteroatoms. The van der Waals surface area contributed by atoms with Crippen molar-refractivity contribution >= 4 is 65.8 Å². The third-order valence-corrected chi connectivity index (χ3v) is 14.0. The van der Waals surface area contributed by atoms with E-state index in [1.54, 1.807) is 43.3 Å². The van der Waals surface area contributed by atoms with Crippen molar-refractivity contribution in [1.82, 2.24) is 19.6 Å². The van der Waals surface area contributed by atoms with E-state index in [4.69, 9.17) is 9.47 Å². The Bertz CT molecular complexity index is 3310. The molecule has 9 rings (SSSR count). The summed E-state index contributed by atoms with van der Waals surface area (Å²) in [5.74, 6) is -0.710. The number of fused-ring (bicyclic) bond motifs is 2. The van der Waals surface area contributed by atoms with Crippen LogP contribution in [0.15, 0.2) is 130 Å². The minimum atomic E-state index is -4.18. The average molecular weight is 927 g/mol. The second-order valence-electron chi connectivity index (χ2n) is 13.5. The molecule has 0 spiro atoms. The van der Waals surface area contributed by atoms with Gasteiger partial charge in [-0.15, -0.1) is 31.5 Å². The molecule has 0 atom stereocenters. The molecule has 3 aromatic carbocycles. The molecule has 7 aromatic rings. The van der Waals surface area contributed by atoms with Gasteiger partial charge in [-0.05, 0) is 59.6 Å². The van der Waals surface area contributed by atoms with Gasteiger partial charge in [0.05, 0.1) is 41.9 Å². The summed E-state index contributed by atoms with van der Waals surface area (Å²) in [5, 5.41) is 39.8. The van der Waals surface area contributed by atoms with Crippen LogP contribution in [0, 0.1) is 0 Å². The van der Waals surface area contributed by atoms with Gasteiger partial charge in [-0.25, -0.2) is 9.36 Å². The van der Waals surface area contributed by atoms with Crippen LogP contribution in [0.25, 0.3) is 21.1 Å². The summed E-state index contributed by atoms with van der Waals surface area (Å²) in [4.78, 5) is 27.4. The molecule has 0 radical (unpaired) electrons. The van der Waals surface area contributed by atoms with Crippen LogP contribution in [-0.4, -0.2) is 72.5 Å². The zero-order valence-corrected chi connectivity index (χ0v) is 36.5. The summed E-state index contributed by atoms with van der Waals surface area (Å²) in [7, 11) is -5.45. The lowest BCUT2D eigenvalue weighted by atomic mass is 10.1. The number of aromatic nitrogens is 4. The van der Waals surface area contributed by atoms with Gasteiger partial charge in [0.25, 0.3) is 31.2 Å². The largest absolute Gasteiger partial charge is 0.505 e. The second-order valence-corrected chi connectivity index (χ2v) is 18.5. The zero-order valence-electron chi connectivity index (χ0n) is 33.2. The van der Waals surface area contributed by atoms with Gasteiger partial charge in [-0.3, -0.25) is 9.59 Å². The summed E-state index contributed by atoms with van der Waals surface area (Å²) in [5.41, 5.74) is -0.268. The minimum absolute atomic E-state index is 0.0801. The number of aryl methyl sites for hydroxylation is 1. The molecular weight excluding hydrogens is 893 g/mol. The Morgan fingerprint density at radius 2 is 1.10 bits per heavy atom. The smallest absolute Gasteiger partial charge is 0.286 e. The number of nitrogens with one attached hydrogen (secondary N) is 2. The van der Waals surface area contributed by atoms with Crippen LogP contribution in [0.5, 0.6) is 23.0 Å². The molecule has 2 aliphatic heterocycles. The molecule has 63 heavy (non-hydrogen) atoms. The molecule has 0 saturated heterocycles. The zero-order chi connectivity index (χ0) is 44.6. The molecule has 2 aliphatic rings. The van der Waals surface area contributed by atoms with E-state index in [0.717, 1.165) is 10.2 Å². The molecule has 0 saturated carbocycles. The molecule has 18 nitrogen and oxygen atoms in total. The Morgan fingerprint density at radius 1 is 0.635 bits per heavy atom. The van der Waals surface area contributed by atoms with Crippen LogP contribution in [0.4, 0.5) is 11.4 Å². The highest BCUT2D eigenvalue weighted by atomic mass is 32.2. The lowest BCUT2D eigenvalue weighted by Gasteiger charge is -2.20. The standard InChI is InChI=1S/C23H18N4O5S2.C18H16N4O5S2/c1-32-15-9-10-16-18(12-15)34(30,31)26-22(24-16)19-21(28)20(17-8-5-11-33-17)25-27(23(19)29)13-14-6-3-2-4-7-14;1-3-22-18(24)14(16(23)15(20-22)12-5-4-8-28-12)17-19-11-7-6-10(27-2)9-13(11)29(25,26)21-17/h2-12,28H,13H2,1H3,(H,24,26);4-9,23H,3H2,1-2H3,(H,19,21). The van der Waals surface area contributed by atoms with E-state index in [1.165, 1.54) is 65.8 Å². The van der Waals surface area contributed by atoms with Crippen LogP contribution in [-0.2, 0) is 33.1 Å². The van der Waals surface area contributed by atoms with Crippen LogP contribution in [0.1, 0.15) is 23.6 Å². The number of sulfonamides is 2. The van der Waals surface area contributed by atoms with Crippen molar-refractivity contribution in [2.24, 2.45) is 8.80 Å². The van der Waals surface area contributed by atoms with Gasteiger partial charge in [-0.2, -0.15) is 27.0 Å². The average Bonchev–Trinajstić information content (AvgIpc) is 4.01. The van der Waals surface area contributed by atoms with Gasteiger partial charge in [0.1, 0.15) is 43.8 Å². The van der Waals surface area contributed by atoms with Crippen molar-refractivity contribution in [2.45, 2.75) is 29.8 Å². The van der Waals surface area contributed by atoms with Crippen molar-refractivity contribution < 1.29 is 36.5 Å². The van der Waals surface area contributed by atoms with E-state index in [2.05, 4.69) is 29.6 Å². The SMILES string of the molecule is CCn1nc(-c2cccs2)c(O)c(C2=NS(=O)(=O)c3cc(OC)ccc3N2)c1=O.COc1ccc2c(c1)S(=O)(=O)N=C(c1c(O)c(-c3cccs3)nn(Cc3ccccc3)c1=O)N2. The van der Waals surface area contributed by atoms with E-state index in [0.29, 0.717) is 21.3 Å². The first kappa shape index (κ1) is 42.5. The van der Waals surface area contributed by atoms with Crippen LogP contribution < -0.4 is 31.2 Å². The first-order chi connectivity index (χ1) is 30.2. The number of rotatable bonds is 9. The summed E-state index contributed by atoms with van der Waals surface area (Å²) in [6.07, 6.45) is 0. The number of methoxy groups -OCH3 is 2. The topological polar surface area (TPSA) is 246 Å². The van der Waals surface area contributed by atoms with Gasteiger partial charge < -0.3 is 30.3 Å². The van der Waals surface area contributed by atoms with Crippen molar-refractivity contribution in [1.29, 1.82) is 0 Å². The minimum Gasteiger partial charge on any atom is -0.505 e. The maximum Gasteiger partial charge on any atom is 0.286 e. The molecule has 0 amide bonds. The van der Waals surface area contributed by atoms with Crippen molar-refractivity contribution in [3.63, 3.8) is 0 Å². The van der Waals surface area contributed by atoms with E-state index >= 15 is 0 Å². The van der Waals surface area contributed by atoms with Gasteiger partial charge in [-0.1, -0.05) is 42.5 Å². The second kappa shape index (κ2) is 17.0. The highest BCUT2D eigenvalue weighted by molar-refractivity contribution is 7.91. The highest BCUT2D eigenvalue weighted by Crippen LogP contribution is 2.38. The molecule has 0 unspecified atom stereocenters. The van der Waals surface area contributed by atoms with Gasteiger partial charge >= 0.3 is 0 Å². The Labute approximate surface area is 366 Å². The van der Waals surface area contributed by atoms with Crippen LogP contribution in [0.3, 0.4) is 0 Å². The Kier molecular flexibility index (Phi) is 11.5. The first-order valence-corrected chi connectivity index (χ1v) is 23.3. The molecule has 4 N–H and O–H groups in total. The number of hydrogen-bond donors (Lipinski definition) is 4. The number of anilines is 2. The normalized spacial score (nSPS) is 14.3. The molecule has 0 bridgehead atoms. The Balaban J connectivity index is 0.000000175. The first-order valence-electron chi connectivity index (χ1n) is 18.6. The Morgan fingerprint density at radius 3 is 1.52 bits per heavy atom. The van der Waals surface area contributed by atoms with Crippen molar-refractivity contribution in [3.05, 3.63) is 139 Å². The van der Waals surface area contributed by atoms with Gasteiger partial charge in [0.2, 0.25) is 0 Å². The number of thiophene rings is 2. The predicted octanol–water partition coefficient (Wildman–Crippen LogP) is 5.56. The van der Waals surface area contributed by atoms with Crippen molar-refractivity contribution in [3.8, 4) is 44.1 Å². The monoisotopic (exact) mass is 926 g/mol. The van der Waals surface area contributed by atoms with E-state index in [-0.39, 0.29) is 68.4 Å². The van der Waals surface area contributed by atoms with Gasteiger partial charge in [0, 0.05) is 18.7 Å². The summed E-state index contributed by atoms with van der Waals surface area (Å²) in [6.45, 7) is 2.08. The Hall–Kier alpha value is -7.14. The van der Waals surface area contributed by atoms with Crippen LogP contribution >= 0.6 is 22.7 Å². The third kappa shape index (κ3) is 8.18. The molecular formula is C41H34N8O10S4. The molecule has 6 heterocycles. The molecule has 322 valence electrons. The van der Waals surface area contributed by atoms with Crippen molar-refractivity contribution in [2.75, 3.05) is 24.9 Å². The fourth-order valence-electron chi connectivity index (χ4n) is 6.54. The predicted molar refractivity (Wildman–Crippen MR) is 239 cm³/mol. The lowest BCUT2D eigenvalue weighted by molar-refractivity contribution is 0.413. The van der Waals surface area contributed by atoms with E-state index in [1.807, 2.05) is 41.1 Å².